The second-order valence-electron chi connectivity index (χ2n) is 8.70. The Hall–Kier alpha value is -2.37. The third kappa shape index (κ3) is 3.12. The van der Waals surface area contributed by atoms with Crippen LogP contribution in [0.5, 0.6) is 0 Å². The molecule has 5 rings (SSSR count). The second-order valence-corrected chi connectivity index (χ2v) is 9.14. The maximum atomic E-state index is 12.8. The van der Waals surface area contributed by atoms with Gasteiger partial charge in [-0.25, -0.2) is 0 Å². The molecule has 6 heteroatoms. The molecule has 2 saturated carbocycles. The van der Waals surface area contributed by atoms with Crippen molar-refractivity contribution in [1.82, 2.24) is 10.2 Å². The fourth-order valence-corrected chi connectivity index (χ4v) is 5.82. The van der Waals surface area contributed by atoms with Gasteiger partial charge in [-0.05, 0) is 67.3 Å². The Morgan fingerprint density at radius 1 is 1.17 bits per heavy atom. The molecule has 2 fully saturated rings. The zero-order valence-corrected chi connectivity index (χ0v) is 17.5. The number of halogens is 1. The van der Waals surface area contributed by atoms with E-state index in [1.165, 1.54) is 0 Å². The summed E-state index contributed by atoms with van der Waals surface area (Å²) in [7, 11) is 0. The van der Waals surface area contributed by atoms with Crippen LogP contribution in [0.15, 0.2) is 48.5 Å². The van der Waals surface area contributed by atoms with E-state index in [1.54, 1.807) is 35.2 Å². The number of hydrogen-bond donors (Lipinski definition) is 2. The Bertz CT molecular complexity index is 980. The number of fused-ring (bicyclic) bond motifs is 2. The number of hydrogen-bond acceptors (Lipinski definition) is 3. The van der Waals surface area contributed by atoms with Gasteiger partial charge in [0, 0.05) is 33.8 Å². The van der Waals surface area contributed by atoms with Crippen molar-refractivity contribution in [2.45, 2.75) is 44.5 Å². The summed E-state index contributed by atoms with van der Waals surface area (Å²) in [5.74, 6) is 1.30. The van der Waals surface area contributed by atoms with E-state index in [9.17, 15) is 14.7 Å². The minimum absolute atomic E-state index is 0.0654. The summed E-state index contributed by atoms with van der Waals surface area (Å²) < 4.78 is 0. The van der Waals surface area contributed by atoms with Crippen molar-refractivity contribution in [3.63, 3.8) is 0 Å². The molecule has 5 unspecified atom stereocenters. The van der Waals surface area contributed by atoms with Gasteiger partial charge in [0.05, 0.1) is 0 Å². The zero-order chi connectivity index (χ0) is 21.0. The number of benzene rings is 2. The molecular formula is C24H25ClN2O3. The predicted molar refractivity (Wildman–Crippen MR) is 114 cm³/mol. The lowest BCUT2D eigenvalue weighted by Crippen LogP contribution is -2.40. The summed E-state index contributed by atoms with van der Waals surface area (Å²) in [5.41, 5.74) is 1.94. The van der Waals surface area contributed by atoms with Gasteiger partial charge >= 0.3 is 0 Å². The van der Waals surface area contributed by atoms with E-state index in [-0.39, 0.29) is 23.9 Å². The topological polar surface area (TPSA) is 69.6 Å². The Morgan fingerprint density at radius 3 is 2.47 bits per heavy atom. The number of nitrogens with one attached hydrogen (secondary N) is 1. The lowest BCUT2D eigenvalue weighted by Gasteiger charge is -2.30. The van der Waals surface area contributed by atoms with Gasteiger partial charge in [-0.2, -0.15) is 0 Å². The summed E-state index contributed by atoms with van der Waals surface area (Å²) in [4.78, 5) is 27.1. The summed E-state index contributed by atoms with van der Waals surface area (Å²) in [5, 5.41) is 14.5. The quantitative estimate of drug-likeness (QED) is 0.761. The molecule has 0 saturated heterocycles. The van der Waals surface area contributed by atoms with E-state index in [1.807, 2.05) is 18.2 Å². The SMILES string of the molecule is CCC(NC(=O)c1ccc(Cl)cc1)C1C2CC(N3C(=O)c4ccccc4C3O)C[C@H]21. The standard InChI is InChI=1S/C24H25ClN2O3/c1-2-20(26-22(28)13-7-9-14(25)10-8-13)21-18-11-15(12-19(18)21)27-23(29)16-5-3-4-6-17(16)24(27)30/h3-10,15,18-21,23,29H,2,11-12H2,1H3,(H,26,28)/t15?,18-,19?,20?,21?,23?/m1/s1. The maximum Gasteiger partial charge on any atom is 0.256 e. The van der Waals surface area contributed by atoms with E-state index >= 15 is 0 Å². The van der Waals surface area contributed by atoms with Crippen LogP contribution in [0.2, 0.25) is 5.02 Å². The molecule has 1 aliphatic heterocycles. The van der Waals surface area contributed by atoms with Crippen molar-refractivity contribution in [3.05, 3.63) is 70.2 Å². The van der Waals surface area contributed by atoms with Crippen molar-refractivity contribution in [1.29, 1.82) is 0 Å². The van der Waals surface area contributed by atoms with Gasteiger partial charge in [-0.3, -0.25) is 9.59 Å². The molecule has 0 spiro atoms. The average Bonchev–Trinajstić information content (AvgIpc) is 3.11. The van der Waals surface area contributed by atoms with E-state index < -0.39 is 6.23 Å². The molecule has 2 amide bonds. The van der Waals surface area contributed by atoms with Gasteiger partial charge in [0.25, 0.3) is 11.8 Å². The number of aliphatic hydroxyl groups excluding tert-OH is 1. The van der Waals surface area contributed by atoms with Crippen molar-refractivity contribution >= 4 is 23.4 Å². The first-order valence-corrected chi connectivity index (χ1v) is 11.0. The van der Waals surface area contributed by atoms with E-state index in [4.69, 9.17) is 11.6 Å². The molecule has 6 atom stereocenters. The third-order valence-corrected chi connectivity index (χ3v) is 7.43. The minimum Gasteiger partial charge on any atom is -0.369 e. The Labute approximate surface area is 181 Å². The summed E-state index contributed by atoms with van der Waals surface area (Å²) >= 11 is 5.91. The molecule has 3 aliphatic rings. The highest BCUT2D eigenvalue weighted by Crippen LogP contribution is 2.61. The number of aliphatic hydroxyl groups is 1. The molecule has 0 aromatic heterocycles. The highest BCUT2D eigenvalue weighted by atomic mass is 35.5. The first-order chi connectivity index (χ1) is 14.5. The van der Waals surface area contributed by atoms with Gasteiger partial charge < -0.3 is 15.3 Å². The molecule has 0 radical (unpaired) electrons. The van der Waals surface area contributed by atoms with Gasteiger partial charge in [0.1, 0.15) is 0 Å². The molecule has 2 aromatic carbocycles. The van der Waals surface area contributed by atoms with Crippen molar-refractivity contribution in [3.8, 4) is 0 Å². The fraction of sp³-hybridized carbons (Fsp3) is 0.417. The summed E-state index contributed by atoms with van der Waals surface area (Å²) in [6, 6.07) is 14.4. The van der Waals surface area contributed by atoms with Crippen LogP contribution in [0.4, 0.5) is 0 Å². The van der Waals surface area contributed by atoms with Crippen LogP contribution in [0.25, 0.3) is 0 Å². The average molecular weight is 425 g/mol. The highest BCUT2D eigenvalue weighted by Gasteiger charge is 2.61. The number of nitrogens with zero attached hydrogens (tertiary/aromatic N) is 1. The van der Waals surface area contributed by atoms with Gasteiger partial charge in [0.15, 0.2) is 6.23 Å². The first-order valence-electron chi connectivity index (χ1n) is 10.7. The largest absolute Gasteiger partial charge is 0.369 e. The third-order valence-electron chi connectivity index (χ3n) is 7.17. The monoisotopic (exact) mass is 424 g/mol. The smallest absolute Gasteiger partial charge is 0.256 e. The Balaban J connectivity index is 1.22. The van der Waals surface area contributed by atoms with Gasteiger partial charge in [0.2, 0.25) is 0 Å². The number of amides is 2. The summed E-state index contributed by atoms with van der Waals surface area (Å²) in [6.45, 7) is 2.10. The lowest BCUT2D eigenvalue weighted by atomic mass is 9.98. The van der Waals surface area contributed by atoms with Crippen LogP contribution in [-0.4, -0.2) is 33.9 Å². The molecule has 1 heterocycles. The van der Waals surface area contributed by atoms with Gasteiger partial charge in [-0.15, -0.1) is 0 Å². The van der Waals surface area contributed by atoms with E-state index in [2.05, 4.69) is 12.2 Å². The number of carbonyl (C=O) groups is 2. The number of rotatable bonds is 5. The van der Waals surface area contributed by atoms with Crippen LogP contribution in [-0.2, 0) is 0 Å². The minimum atomic E-state index is -0.846. The molecule has 0 bridgehead atoms. The van der Waals surface area contributed by atoms with Crippen LogP contribution in [0.3, 0.4) is 0 Å². The lowest BCUT2D eigenvalue weighted by molar-refractivity contribution is -0.00545. The fourth-order valence-electron chi connectivity index (χ4n) is 5.69. The number of carbonyl (C=O) groups excluding carboxylic acids is 2. The van der Waals surface area contributed by atoms with E-state index in [0.29, 0.717) is 39.5 Å². The van der Waals surface area contributed by atoms with Crippen molar-refractivity contribution < 1.29 is 14.7 Å². The molecular weight excluding hydrogens is 400 g/mol. The van der Waals surface area contributed by atoms with E-state index in [0.717, 1.165) is 19.3 Å². The molecule has 156 valence electrons. The van der Waals surface area contributed by atoms with Crippen LogP contribution < -0.4 is 5.32 Å². The summed E-state index contributed by atoms with van der Waals surface area (Å²) in [6.07, 6.45) is 1.80. The maximum absolute atomic E-state index is 12.8. The predicted octanol–water partition coefficient (Wildman–Crippen LogP) is 4.02. The van der Waals surface area contributed by atoms with Gasteiger partial charge in [-0.1, -0.05) is 36.7 Å². The second kappa shape index (κ2) is 7.40. The Morgan fingerprint density at radius 2 is 1.83 bits per heavy atom. The zero-order valence-electron chi connectivity index (χ0n) is 16.8. The molecule has 30 heavy (non-hydrogen) atoms. The molecule has 2 aromatic rings. The van der Waals surface area contributed by atoms with Crippen LogP contribution in [0, 0.1) is 17.8 Å². The highest BCUT2D eigenvalue weighted by molar-refractivity contribution is 6.30. The van der Waals surface area contributed by atoms with Crippen molar-refractivity contribution in [2.75, 3.05) is 0 Å². The Kier molecular flexibility index (Phi) is 4.83. The van der Waals surface area contributed by atoms with Crippen molar-refractivity contribution in [2.24, 2.45) is 17.8 Å². The van der Waals surface area contributed by atoms with Crippen LogP contribution >= 0.6 is 11.6 Å². The van der Waals surface area contributed by atoms with Crippen LogP contribution in [0.1, 0.15) is 58.7 Å². The molecule has 2 aliphatic carbocycles. The molecule has 2 N–H and O–H groups in total. The molecule has 5 nitrogen and oxygen atoms in total. The first kappa shape index (κ1) is 19.6. The normalized spacial score (nSPS) is 30.0.